The van der Waals surface area contributed by atoms with E-state index >= 15 is 0 Å². The third-order valence-electron chi connectivity index (χ3n) is 4.36. The molecule has 138 valence electrons. The number of rotatable bonds is 6. The average molecular weight is 373 g/mol. The highest BCUT2D eigenvalue weighted by molar-refractivity contribution is 5.85. The van der Waals surface area contributed by atoms with Crippen molar-refractivity contribution in [3.63, 3.8) is 0 Å². The van der Waals surface area contributed by atoms with E-state index in [1.54, 1.807) is 6.92 Å². The van der Waals surface area contributed by atoms with Gasteiger partial charge in [-0.3, -0.25) is 4.79 Å². The lowest BCUT2D eigenvalue weighted by Crippen LogP contribution is -2.51. The van der Waals surface area contributed by atoms with Crippen molar-refractivity contribution in [2.24, 2.45) is 5.73 Å². The van der Waals surface area contributed by atoms with E-state index in [1.165, 1.54) is 0 Å². The molecule has 0 aliphatic rings. The highest BCUT2D eigenvalue weighted by Gasteiger charge is 2.26. The fourth-order valence-electron chi connectivity index (χ4n) is 2.89. The zero-order valence-corrected chi connectivity index (χ0v) is 15.9. The maximum Gasteiger partial charge on any atom is 0.240 e. The standard InChI is InChI=1S/C20H24N4O.ClH/c1-3-12-20(2,21)19(25)22-13-14-8-10-15(11-9-14)18-23-16-6-4-5-7-17(16)24-18;/h4-11H,3,12-13,21H2,1-2H3,(H,22,25)(H,23,24);1H. The second kappa shape index (κ2) is 8.34. The number of H-pyrrole nitrogens is 1. The summed E-state index contributed by atoms with van der Waals surface area (Å²) in [5.41, 5.74) is 9.25. The number of nitrogens with one attached hydrogen (secondary N) is 2. The van der Waals surface area contributed by atoms with Crippen molar-refractivity contribution < 1.29 is 4.79 Å². The molecule has 0 spiro atoms. The summed E-state index contributed by atoms with van der Waals surface area (Å²) in [5.74, 6) is 0.727. The predicted octanol–water partition coefficient (Wildman–Crippen LogP) is 3.79. The predicted molar refractivity (Wildman–Crippen MR) is 108 cm³/mol. The molecule has 5 nitrogen and oxygen atoms in total. The zero-order valence-electron chi connectivity index (χ0n) is 15.1. The van der Waals surface area contributed by atoms with E-state index in [-0.39, 0.29) is 18.3 Å². The number of aromatic amines is 1. The van der Waals surface area contributed by atoms with Gasteiger partial charge in [0.25, 0.3) is 0 Å². The molecule has 3 aromatic rings. The Bertz CT molecular complexity index is 838. The van der Waals surface area contributed by atoms with Crippen molar-refractivity contribution in [2.75, 3.05) is 0 Å². The fraction of sp³-hybridized carbons (Fsp3) is 0.300. The van der Waals surface area contributed by atoms with E-state index in [0.29, 0.717) is 13.0 Å². The van der Waals surface area contributed by atoms with Crippen molar-refractivity contribution >= 4 is 29.3 Å². The van der Waals surface area contributed by atoms with Gasteiger partial charge >= 0.3 is 0 Å². The number of imidazole rings is 1. The van der Waals surface area contributed by atoms with Crippen LogP contribution in [0.1, 0.15) is 32.3 Å². The number of nitrogens with two attached hydrogens (primary N) is 1. The van der Waals surface area contributed by atoms with E-state index in [9.17, 15) is 4.79 Å². The van der Waals surface area contributed by atoms with Crippen molar-refractivity contribution in [1.82, 2.24) is 15.3 Å². The molecule has 0 fully saturated rings. The third-order valence-corrected chi connectivity index (χ3v) is 4.36. The van der Waals surface area contributed by atoms with Gasteiger partial charge in [-0.1, -0.05) is 49.7 Å². The van der Waals surface area contributed by atoms with Gasteiger partial charge in [0.1, 0.15) is 5.82 Å². The number of benzene rings is 2. The molecule has 1 amide bonds. The first-order valence-corrected chi connectivity index (χ1v) is 8.61. The van der Waals surface area contributed by atoms with E-state index < -0.39 is 5.54 Å². The van der Waals surface area contributed by atoms with E-state index in [1.807, 2.05) is 55.5 Å². The summed E-state index contributed by atoms with van der Waals surface area (Å²) in [4.78, 5) is 20.1. The Morgan fingerprint density at radius 2 is 1.88 bits per heavy atom. The molecule has 1 unspecified atom stereocenters. The first kappa shape index (κ1) is 19.9. The molecule has 1 heterocycles. The van der Waals surface area contributed by atoms with Gasteiger partial charge < -0.3 is 16.0 Å². The topological polar surface area (TPSA) is 83.8 Å². The molecule has 0 saturated heterocycles. The molecular formula is C20H25ClN4O. The van der Waals surface area contributed by atoms with Gasteiger partial charge in [-0.15, -0.1) is 12.4 Å². The number of nitrogens with zero attached hydrogens (tertiary/aromatic N) is 1. The lowest BCUT2D eigenvalue weighted by atomic mass is 9.96. The highest BCUT2D eigenvalue weighted by Crippen LogP contribution is 2.20. The summed E-state index contributed by atoms with van der Waals surface area (Å²) in [7, 11) is 0. The first-order chi connectivity index (χ1) is 12.0. The first-order valence-electron chi connectivity index (χ1n) is 8.61. The maximum atomic E-state index is 12.2. The molecule has 1 aromatic heterocycles. The van der Waals surface area contributed by atoms with E-state index in [0.717, 1.165) is 34.4 Å². The molecule has 0 bridgehead atoms. The molecule has 6 heteroatoms. The molecular weight excluding hydrogens is 348 g/mol. The molecule has 0 aliphatic heterocycles. The van der Waals surface area contributed by atoms with Crippen LogP contribution in [0.5, 0.6) is 0 Å². The third kappa shape index (κ3) is 4.42. The minimum atomic E-state index is -0.817. The van der Waals surface area contributed by atoms with Crippen LogP contribution in [0.4, 0.5) is 0 Å². The summed E-state index contributed by atoms with van der Waals surface area (Å²) in [6, 6.07) is 16.0. The van der Waals surface area contributed by atoms with Gasteiger partial charge in [0, 0.05) is 12.1 Å². The van der Waals surface area contributed by atoms with Gasteiger partial charge in [0.15, 0.2) is 0 Å². The summed E-state index contributed by atoms with van der Waals surface area (Å²) in [5, 5.41) is 2.92. The number of hydrogen-bond donors (Lipinski definition) is 3. The number of para-hydroxylation sites is 2. The van der Waals surface area contributed by atoms with Crippen LogP contribution in [0.15, 0.2) is 48.5 Å². The second-order valence-corrected chi connectivity index (χ2v) is 6.65. The van der Waals surface area contributed by atoms with Gasteiger partial charge in [0.2, 0.25) is 5.91 Å². The number of amides is 1. The van der Waals surface area contributed by atoms with Crippen molar-refractivity contribution in [3.05, 3.63) is 54.1 Å². The lowest BCUT2D eigenvalue weighted by Gasteiger charge is -2.22. The number of carbonyl (C=O) groups is 1. The summed E-state index contributed by atoms with van der Waals surface area (Å²) in [6.07, 6.45) is 1.55. The van der Waals surface area contributed by atoms with Crippen LogP contribution in [-0.2, 0) is 11.3 Å². The van der Waals surface area contributed by atoms with Crippen LogP contribution < -0.4 is 11.1 Å². The van der Waals surface area contributed by atoms with Crippen molar-refractivity contribution in [3.8, 4) is 11.4 Å². The summed E-state index contributed by atoms with van der Waals surface area (Å²) < 4.78 is 0. The Morgan fingerprint density at radius 1 is 1.19 bits per heavy atom. The number of fused-ring (bicyclic) bond motifs is 1. The Kier molecular flexibility index (Phi) is 6.40. The highest BCUT2D eigenvalue weighted by atomic mass is 35.5. The van der Waals surface area contributed by atoms with Crippen LogP contribution in [-0.4, -0.2) is 21.4 Å². The Balaban J connectivity index is 0.00000243. The minimum absolute atomic E-state index is 0. The smallest absolute Gasteiger partial charge is 0.240 e. The van der Waals surface area contributed by atoms with Crippen LogP contribution in [0.3, 0.4) is 0 Å². The number of halogens is 1. The van der Waals surface area contributed by atoms with E-state index in [4.69, 9.17) is 5.73 Å². The van der Waals surface area contributed by atoms with Crippen LogP contribution in [0, 0.1) is 0 Å². The Morgan fingerprint density at radius 3 is 2.54 bits per heavy atom. The van der Waals surface area contributed by atoms with Crippen LogP contribution in [0.2, 0.25) is 0 Å². The fourth-order valence-corrected chi connectivity index (χ4v) is 2.89. The van der Waals surface area contributed by atoms with Gasteiger partial charge in [0.05, 0.1) is 16.6 Å². The summed E-state index contributed by atoms with van der Waals surface area (Å²) >= 11 is 0. The lowest BCUT2D eigenvalue weighted by molar-refractivity contribution is -0.126. The SMILES string of the molecule is CCCC(C)(N)C(=O)NCc1ccc(-c2nc3ccccc3[nH]2)cc1.Cl. The molecule has 2 aromatic carbocycles. The Labute approximate surface area is 159 Å². The molecule has 3 rings (SSSR count). The normalized spacial score (nSPS) is 13.0. The quantitative estimate of drug-likeness (QED) is 0.615. The monoisotopic (exact) mass is 372 g/mol. The molecule has 26 heavy (non-hydrogen) atoms. The zero-order chi connectivity index (χ0) is 17.9. The number of hydrogen-bond acceptors (Lipinski definition) is 3. The van der Waals surface area contributed by atoms with Gasteiger partial charge in [-0.25, -0.2) is 4.98 Å². The molecule has 0 aliphatic carbocycles. The summed E-state index contributed by atoms with van der Waals surface area (Å²) in [6.45, 7) is 4.27. The van der Waals surface area contributed by atoms with E-state index in [2.05, 4.69) is 15.3 Å². The molecule has 4 N–H and O–H groups in total. The number of aromatic nitrogens is 2. The van der Waals surface area contributed by atoms with Crippen molar-refractivity contribution in [1.29, 1.82) is 0 Å². The maximum absolute atomic E-state index is 12.2. The Hall–Kier alpha value is -2.37. The molecule has 1 atom stereocenters. The molecule has 0 saturated carbocycles. The van der Waals surface area contributed by atoms with Crippen LogP contribution >= 0.6 is 12.4 Å². The number of carbonyl (C=O) groups excluding carboxylic acids is 1. The minimum Gasteiger partial charge on any atom is -0.350 e. The van der Waals surface area contributed by atoms with Crippen molar-refractivity contribution in [2.45, 2.75) is 38.8 Å². The van der Waals surface area contributed by atoms with Gasteiger partial charge in [-0.2, -0.15) is 0 Å². The second-order valence-electron chi connectivity index (χ2n) is 6.65. The molecule has 0 radical (unpaired) electrons. The van der Waals surface area contributed by atoms with Crippen LogP contribution in [0.25, 0.3) is 22.4 Å². The average Bonchev–Trinajstić information content (AvgIpc) is 3.04. The van der Waals surface area contributed by atoms with Gasteiger partial charge in [-0.05, 0) is 31.0 Å². The largest absolute Gasteiger partial charge is 0.350 e.